The van der Waals surface area contributed by atoms with Crippen LogP contribution in [-0.2, 0) is 9.59 Å². The van der Waals surface area contributed by atoms with Gasteiger partial charge in [-0.05, 0) is 18.4 Å². The first-order valence-electron chi connectivity index (χ1n) is 4.57. The molecule has 0 aromatic rings. The van der Waals surface area contributed by atoms with Gasteiger partial charge in [0, 0.05) is 24.9 Å². The highest BCUT2D eigenvalue weighted by Crippen LogP contribution is 2.27. The normalized spacial score (nSPS) is 19.1. The van der Waals surface area contributed by atoms with Crippen LogP contribution in [0, 0.1) is 0 Å². The maximum absolute atomic E-state index is 11.0. The minimum Gasteiger partial charge on any atom is -0.481 e. The minimum absolute atomic E-state index is 0.0880. The molecule has 1 aliphatic heterocycles. The average molecular weight is 212 g/mol. The van der Waals surface area contributed by atoms with Crippen LogP contribution in [0.4, 0.5) is 0 Å². The van der Waals surface area contributed by atoms with Crippen LogP contribution in [0.25, 0.3) is 10.4 Å². The molecule has 0 bridgehead atoms. The smallest absolute Gasteiger partial charge is 0.315 e. The first-order valence-corrected chi connectivity index (χ1v) is 4.57. The summed E-state index contributed by atoms with van der Waals surface area (Å²) >= 11 is 0. The lowest BCUT2D eigenvalue weighted by atomic mass is 9.88. The maximum atomic E-state index is 11.0. The predicted molar refractivity (Wildman–Crippen MR) is 51.0 cm³/mol. The Kier molecular flexibility index (Phi) is 3.16. The third-order valence-electron chi connectivity index (χ3n) is 2.67. The van der Waals surface area contributed by atoms with E-state index < -0.39 is 11.5 Å². The number of rotatable bonds is 2. The summed E-state index contributed by atoms with van der Waals surface area (Å²) in [6.45, 7) is 2.07. The van der Waals surface area contributed by atoms with Gasteiger partial charge in [-0.1, -0.05) is 5.11 Å². The standard InChI is InChI=1S/C8H12N4O3/c1-6(13)12-4-2-8(3-5-12,7(14)15)10-11-9/h2-5H2,1H3,(H,14,15). The monoisotopic (exact) mass is 212 g/mol. The Hall–Kier alpha value is -1.75. The molecule has 0 spiro atoms. The van der Waals surface area contributed by atoms with Crippen LogP contribution in [0.5, 0.6) is 0 Å². The Labute approximate surface area is 86.3 Å². The van der Waals surface area contributed by atoms with Crippen LogP contribution in [0.1, 0.15) is 19.8 Å². The lowest BCUT2D eigenvalue weighted by Gasteiger charge is -2.35. The summed E-state index contributed by atoms with van der Waals surface area (Å²) in [5.74, 6) is -1.21. The third kappa shape index (κ3) is 2.19. The van der Waals surface area contributed by atoms with Crippen LogP contribution < -0.4 is 0 Å². The fourth-order valence-corrected chi connectivity index (χ4v) is 1.63. The Morgan fingerprint density at radius 2 is 2.00 bits per heavy atom. The Morgan fingerprint density at radius 3 is 2.33 bits per heavy atom. The lowest BCUT2D eigenvalue weighted by molar-refractivity contribution is -0.147. The van der Waals surface area contributed by atoms with Crippen molar-refractivity contribution in [2.75, 3.05) is 13.1 Å². The summed E-state index contributed by atoms with van der Waals surface area (Å²) < 4.78 is 0. The summed E-state index contributed by atoms with van der Waals surface area (Å²) in [6.07, 6.45) is 0.345. The van der Waals surface area contributed by atoms with Crippen molar-refractivity contribution in [2.45, 2.75) is 25.3 Å². The molecular formula is C8H12N4O3. The van der Waals surface area contributed by atoms with Gasteiger partial charge in [0.2, 0.25) is 5.91 Å². The maximum Gasteiger partial charge on any atom is 0.315 e. The van der Waals surface area contributed by atoms with E-state index in [4.69, 9.17) is 10.6 Å². The molecule has 7 nitrogen and oxygen atoms in total. The Bertz CT molecular complexity index is 323. The van der Waals surface area contributed by atoms with Crippen molar-refractivity contribution in [3.8, 4) is 0 Å². The third-order valence-corrected chi connectivity index (χ3v) is 2.67. The van der Waals surface area contributed by atoms with E-state index in [0.717, 1.165) is 0 Å². The van der Waals surface area contributed by atoms with Gasteiger partial charge in [0.25, 0.3) is 0 Å². The van der Waals surface area contributed by atoms with E-state index >= 15 is 0 Å². The average Bonchev–Trinajstić information content (AvgIpc) is 2.18. The summed E-state index contributed by atoms with van der Waals surface area (Å²) in [6, 6.07) is 0. The number of nitrogens with zero attached hydrogens (tertiary/aromatic N) is 4. The molecule has 1 rings (SSSR count). The van der Waals surface area contributed by atoms with Crippen LogP contribution in [0.15, 0.2) is 5.11 Å². The number of carboxylic acid groups (broad SMARTS) is 1. The van der Waals surface area contributed by atoms with E-state index in [9.17, 15) is 9.59 Å². The van der Waals surface area contributed by atoms with Gasteiger partial charge in [0.1, 0.15) is 5.54 Å². The number of carboxylic acids is 1. The molecule has 1 fully saturated rings. The topological polar surface area (TPSA) is 106 Å². The largest absolute Gasteiger partial charge is 0.481 e. The van der Waals surface area contributed by atoms with Crippen molar-refractivity contribution in [1.82, 2.24) is 4.90 Å². The van der Waals surface area contributed by atoms with Gasteiger partial charge in [-0.25, -0.2) is 0 Å². The molecule has 15 heavy (non-hydrogen) atoms. The Balaban J connectivity index is 2.78. The van der Waals surface area contributed by atoms with Crippen molar-refractivity contribution in [3.63, 3.8) is 0 Å². The number of amides is 1. The van der Waals surface area contributed by atoms with Crippen LogP contribution in [0.3, 0.4) is 0 Å². The molecule has 0 aromatic carbocycles. The summed E-state index contributed by atoms with van der Waals surface area (Å²) in [5.41, 5.74) is 6.95. The van der Waals surface area contributed by atoms with E-state index in [1.165, 1.54) is 6.92 Å². The van der Waals surface area contributed by atoms with Crippen LogP contribution in [0.2, 0.25) is 0 Å². The number of carbonyl (C=O) groups is 2. The first-order chi connectivity index (χ1) is 7.02. The van der Waals surface area contributed by atoms with E-state index in [1.807, 2.05) is 0 Å². The predicted octanol–water partition coefficient (Wildman–Crippen LogP) is 0.762. The molecule has 1 amide bonds. The lowest BCUT2D eigenvalue weighted by Crippen LogP contribution is -2.49. The first kappa shape index (κ1) is 11.3. The van der Waals surface area contributed by atoms with Gasteiger partial charge < -0.3 is 10.0 Å². The van der Waals surface area contributed by atoms with Gasteiger partial charge in [0.05, 0.1) is 0 Å². The number of piperidine rings is 1. The second-order valence-corrected chi connectivity index (χ2v) is 3.53. The molecule has 0 saturated carbocycles. The zero-order valence-electron chi connectivity index (χ0n) is 8.38. The molecule has 82 valence electrons. The van der Waals surface area contributed by atoms with Gasteiger partial charge in [-0.15, -0.1) is 0 Å². The molecule has 0 aliphatic carbocycles. The van der Waals surface area contributed by atoms with E-state index in [-0.39, 0.29) is 18.7 Å². The Morgan fingerprint density at radius 1 is 1.47 bits per heavy atom. The molecule has 0 aromatic heterocycles. The molecule has 1 N–H and O–H groups in total. The zero-order chi connectivity index (χ0) is 11.5. The fourth-order valence-electron chi connectivity index (χ4n) is 1.63. The van der Waals surface area contributed by atoms with Gasteiger partial charge in [-0.3, -0.25) is 9.59 Å². The quantitative estimate of drug-likeness (QED) is 0.414. The number of azide groups is 1. The molecule has 0 radical (unpaired) electrons. The van der Waals surface area contributed by atoms with Gasteiger partial charge in [-0.2, -0.15) is 0 Å². The second-order valence-electron chi connectivity index (χ2n) is 3.53. The minimum atomic E-state index is -1.37. The number of hydrogen-bond acceptors (Lipinski definition) is 3. The SMILES string of the molecule is CC(=O)N1CCC(N=[N+]=[N-])(C(=O)O)CC1. The summed E-state index contributed by atoms with van der Waals surface area (Å²) in [7, 11) is 0. The van der Waals surface area contributed by atoms with Crippen molar-refractivity contribution in [1.29, 1.82) is 0 Å². The van der Waals surface area contributed by atoms with Gasteiger partial charge in [0.15, 0.2) is 0 Å². The van der Waals surface area contributed by atoms with Crippen LogP contribution >= 0.6 is 0 Å². The van der Waals surface area contributed by atoms with E-state index in [1.54, 1.807) is 4.90 Å². The fraction of sp³-hybridized carbons (Fsp3) is 0.750. The molecule has 0 atom stereocenters. The van der Waals surface area contributed by atoms with E-state index in [2.05, 4.69) is 10.0 Å². The van der Waals surface area contributed by atoms with E-state index in [0.29, 0.717) is 13.1 Å². The number of carbonyl (C=O) groups excluding carboxylic acids is 1. The summed E-state index contributed by atoms with van der Waals surface area (Å²) in [5, 5.41) is 12.3. The molecule has 1 saturated heterocycles. The highest BCUT2D eigenvalue weighted by molar-refractivity contribution is 5.80. The van der Waals surface area contributed by atoms with Gasteiger partial charge >= 0.3 is 5.97 Å². The zero-order valence-corrected chi connectivity index (χ0v) is 8.38. The van der Waals surface area contributed by atoms with Crippen LogP contribution in [-0.4, -0.2) is 40.5 Å². The molecule has 1 aliphatic rings. The van der Waals surface area contributed by atoms with Crippen molar-refractivity contribution >= 4 is 11.9 Å². The molecule has 1 heterocycles. The second kappa shape index (κ2) is 4.18. The molecular weight excluding hydrogens is 200 g/mol. The van der Waals surface area contributed by atoms with Crippen molar-refractivity contribution in [3.05, 3.63) is 10.4 Å². The number of aliphatic carboxylic acids is 1. The number of likely N-dealkylation sites (tertiary alicyclic amines) is 1. The molecule has 7 heteroatoms. The van der Waals surface area contributed by atoms with Crippen molar-refractivity contribution in [2.24, 2.45) is 5.11 Å². The van der Waals surface area contributed by atoms with Crippen molar-refractivity contribution < 1.29 is 14.7 Å². The molecule has 0 unspecified atom stereocenters. The number of hydrogen-bond donors (Lipinski definition) is 1. The highest BCUT2D eigenvalue weighted by atomic mass is 16.4. The highest BCUT2D eigenvalue weighted by Gasteiger charge is 2.41. The summed E-state index contributed by atoms with van der Waals surface area (Å²) in [4.78, 5) is 26.1.